The second-order valence-electron chi connectivity index (χ2n) is 3.79. The Morgan fingerprint density at radius 3 is 2.81 bits per heavy atom. The molecule has 0 amide bonds. The van der Waals surface area contributed by atoms with Crippen LogP contribution in [0, 0.1) is 6.92 Å². The Kier molecular flexibility index (Phi) is 2.90. The summed E-state index contributed by atoms with van der Waals surface area (Å²) in [4.78, 5) is 14.9. The summed E-state index contributed by atoms with van der Waals surface area (Å²) < 4.78 is 0. The van der Waals surface area contributed by atoms with E-state index in [4.69, 9.17) is 0 Å². The molecule has 0 unspecified atom stereocenters. The zero-order valence-electron chi connectivity index (χ0n) is 9.83. The average Bonchev–Trinajstić information content (AvgIpc) is 2.81. The van der Waals surface area contributed by atoms with Gasteiger partial charge >= 0.3 is 0 Å². The number of hydrogen-bond acceptors (Lipinski definition) is 2. The first-order valence-corrected chi connectivity index (χ1v) is 5.54. The second-order valence-corrected chi connectivity index (χ2v) is 3.79. The summed E-state index contributed by atoms with van der Waals surface area (Å²) in [5.41, 5.74) is 2.87. The normalized spacial score (nSPS) is 10.4. The highest BCUT2D eigenvalue weighted by molar-refractivity contribution is 6.00. The molecule has 0 fully saturated rings. The van der Waals surface area contributed by atoms with Gasteiger partial charge in [0.05, 0.1) is 11.7 Å². The molecule has 2 N–H and O–H groups in total. The van der Waals surface area contributed by atoms with Crippen LogP contribution in [0.2, 0.25) is 0 Å². The molecular formula is C12H16N4. The lowest BCUT2D eigenvalue weighted by molar-refractivity contribution is 1.09. The van der Waals surface area contributed by atoms with Crippen LogP contribution >= 0.6 is 0 Å². The highest BCUT2D eigenvalue weighted by Crippen LogP contribution is 2.19. The summed E-state index contributed by atoms with van der Waals surface area (Å²) in [5, 5.41) is 1.07. The van der Waals surface area contributed by atoms with Gasteiger partial charge in [-0.25, -0.2) is 9.97 Å². The lowest BCUT2D eigenvalue weighted by Crippen LogP contribution is -1.77. The number of rotatable bonds is 0. The number of nitrogens with one attached hydrogen (secondary N) is 2. The molecule has 0 spiro atoms. The van der Waals surface area contributed by atoms with Crippen molar-refractivity contribution >= 4 is 22.1 Å². The molecule has 4 nitrogen and oxygen atoms in total. The topological polar surface area (TPSA) is 57.4 Å². The highest BCUT2D eigenvalue weighted by Gasteiger charge is 2.05. The first-order chi connectivity index (χ1) is 7.76. The van der Waals surface area contributed by atoms with Gasteiger partial charge in [-0.15, -0.1) is 0 Å². The maximum absolute atomic E-state index is 4.40. The Hall–Kier alpha value is -1.84. The predicted molar refractivity (Wildman–Crippen MR) is 66.4 cm³/mol. The van der Waals surface area contributed by atoms with Crippen LogP contribution in [0.15, 0.2) is 18.5 Å². The molecule has 0 saturated heterocycles. The molecule has 0 aliphatic heterocycles. The van der Waals surface area contributed by atoms with E-state index in [-0.39, 0.29) is 0 Å². The van der Waals surface area contributed by atoms with E-state index in [9.17, 15) is 0 Å². The quantitative estimate of drug-likeness (QED) is 0.606. The van der Waals surface area contributed by atoms with Gasteiger partial charge in [0, 0.05) is 11.6 Å². The van der Waals surface area contributed by atoms with Crippen molar-refractivity contribution in [1.82, 2.24) is 19.9 Å². The van der Waals surface area contributed by atoms with Crippen LogP contribution in [0.3, 0.4) is 0 Å². The molecule has 16 heavy (non-hydrogen) atoms. The summed E-state index contributed by atoms with van der Waals surface area (Å²) in [6.07, 6.45) is 4.93. The van der Waals surface area contributed by atoms with Gasteiger partial charge in [-0.05, 0) is 13.0 Å². The van der Waals surface area contributed by atoms with Gasteiger partial charge in [-0.1, -0.05) is 20.3 Å². The summed E-state index contributed by atoms with van der Waals surface area (Å²) in [5.74, 6) is 0.922. The van der Waals surface area contributed by atoms with Crippen molar-refractivity contribution in [3.8, 4) is 0 Å². The van der Waals surface area contributed by atoms with Crippen molar-refractivity contribution < 1.29 is 0 Å². The maximum atomic E-state index is 4.40. The molecule has 3 aromatic rings. The van der Waals surface area contributed by atoms with Crippen LogP contribution in [0.1, 0.15) is 26.1 Å². The molecule has 4 heteroatoms. The Bertz CT molecular complexity index is 591. The van der Waals surface area contributed by atoms with Crippen LogP contribution < -0.4 is 0 Å². The van der Waals surface area contributed by atoms with Crippen molar-refractivity contribution in [1.29, 1.82) is 0 Å². The second kappa shape index (κ2) is 4.35. The van der Waals surface area contributed by atoms with Crippen molar-refractivity contribution in [2.45, 2.75) is 27.2 Å². The molecule has 0 aliphatic rings. The van der Waals surface area contributed by atoms with E-state index in [0.717, 1.165) is 27.9 Å². The number of hydrogen-bond donors (Lipinski definition) is 2. The summed E-state index contributed by atoms with van der Waals surface area (Å²) in [6, 6.07) is 1.99. The van der Waals surface area contributed by atoms with E-state index in [1.807, 2.05) is 19.2 Å². The van der Waals surface area contributed by atoms with Gasteiger partial charge < -0.3 is 9.97 Å². The molecule has 3 aromatic heterocycles. The number of nitrogens with zero attached hydrogens (tertiary/aromatic N) is 2. The minimum absolute atomic E-state index is 0.888. The van der Waals surface area contributed by atoms with E-state index in [1.165, 1.54) is 6.42 Å². The Morgan fingerprint density at radius 1 is 1.31 bits per heavy atom. The van der Waals surface area contributed by atoms with Crippen LogP contribution in [0.5, 0.6) is 0 Å². The number of imidazole rings is 1. The summed E-state index contributed by atoms with van der Waals surface area (Å²) in [7, 11) is 0. The van der Waals surface area contributed by atoms with Gasteiger partial charge in [0.1, 0.15) is 17.0 Å². The molecule has 0 bridgehead atoms. The van der Waals surface area contributed by atoms with Crippen molar-refractivity contribution in [3.05, 3.63) is 24.3 Å². The molecule has 84 valence electrons. The number of aromatic amines is 2. The van der Waals surface area contributed by atoms with E-state index in [0.29, 0.717) is 0 Å². The fourth-order valence-electron chi connectivity index (χ4n) is 1.60. The molecule has 0 aliphatic carbocycles. The number of fused-ring (bicyclic) bond motifs is 3. The van der Waals surface area contributed by atoms with Crippen molar-refractivity contribution in [2.75, 3.05) is 0 Å². The SMILES string of the molecule is CCC.Cc1nc2c(cnc3[nH]ccc32)[nH]1. The van der Waals surface area contributed by atoms with Crippen LogP contribution in [0.4, 0.5) is 0 Å². The first-order valence-electron chi connectivity index (χ1n) is 5.54. The highest BCUT2D eigenvalue weighted by atomic mass is 14.9. The van der Waals surface area contributed by atoms with E-state index >= 15 is 0 Å². The lowest BCUT2D eigenvalue weighted by Gasteiger charge is -1.88. The lowest BCUT2D eigenvalue weighted by atomic mass is 10.3. The van der Waals surface area contributed by atoms with Crippen molar-refractivity contribution in [2.24, 2.45) is 0 Å². The Labute approximate surface area is 94.1 Å². The van der Waals surface area contributed by atoms with Crippen LogP contribution in [-0.2, 0) is 0 Å². The number of aromatic nitrogens is 4. The number of aryl methyl sites for hydroxylation is 1. The fraction of sp³-hybridized carbons (Fsp3) is 0.333. The van der Waals surface area contributed by atoms with Gasteiger partial charge in [0.2, 0.25) is 0 Å². The molecule has 0 aromatic carbocycles. The first kappa shape index (κ1) is 10.7. The predicted octanol–water partition coefficient (Wildman–Crippen LogP) is 3.16. The standard InChI is InChI=1S/C9H8N4.C3H8/c1-5-12-7-4-11-9-6(2-3-10-9)8(7)13-5;1-3-2/h2-4H,1H3,(H,10,11)(H,12,13);3H2,1-2H3. The molecule has 3 heterocycles. The van der Waals surface area contributed by atoms with Gasteiger partial charge in [-0.3, -0.25) is 0 Å². The molecule has 0 atom stereocenters. The average molecular weight is 216 g/mol. The maximum Gasteiger partial charge on any atom is 0.139 e. The molecular weight excluding hydrogens is 200 g/mol. The molecule has 3 rings (SSSR count). The molecule has 0 radical (unpaired) electrons. The van der Waals surface area contributed by atoms with Gasteiger partial charge in [0.25, 0.3) is 0 Å². The van der Waals surface area contributed by atoms with E-state index < -0.39 is 0 Å². The summed E-state index contributed by atoms with van der Waals surface area (Å²) >= 11 is 0. The van der Waals surface area contributed by atoms with Crippen LogP contribution in [0.25, 0.3) is 22.1 Å². The Balaban J connectivity index is 0.000000292. The van der Waals surface area contributed by atoms with Gasteiger partial charge in [-0.2, -0.15) is 0 Å². The third-order valence-electron chi connectivity index (χ3n) is 2.15. The van der Waals surface area contributed by atoms with E-state index in [2.05, 4.69) is 33.8 Å². The third kappa shape index (κ3) is 1.78. The smallest absolute Gasteiger partial charge is 0.139 e. The Morgan fingerprint density at radius 2 is 2.06 bits per heavy atom. The monoisotopic (exact) mass is 216 g/mol. The zero-order valence-corrected chi connectivity index (χ0v) is 9.83. The number of H-pyrrole nitrogens is 2. The fourth-order valence-corrected chi connectivity index (χ4v) is 1.60. The largest absolute Gasteiger partial charge is 0.346 e. The van der Waals surface area contributed by atoms with Crippen LogP contribution in [-0.4, -0.2) is 19.9 Å². The molecule has 0 saturated carbocycles. The van der Waals surface area contributed by atoms with E-state index in [1.54, 1.807) is 6.20 Å². The number of pyridine rings is 1. The van der Waals surface area contributed by atoms with Crippen molar-refractivity contribution in [3.63, 3.8) is 0 Å². The minimum Gasteiger partial charge on any atom is -0.346 e. The zero-order chi connectivity index (χ0) is 11.5. The summed E-state index contributed by atoms with van der Waals surface area (Å²) in [6.45, 7) is 6.19. The minimum atomic E-state index is 0.888. The third-order valence-corrected chi connectivity index (χ3v) is 2.15. The van der Waals surface area contributed by atoms with Gasteiger partial charge in [0.15, 0.2) is 0 Å².